The number of halogens is 1. The third kappa shape index (κ3) is 5.21. The Morgan fingerprint density at radius 2 is 2.11 bits per heavy atom. The van der Waals surface area contributed by atoms with Crippen molar-refractivity contribution in [1.82, 2.24) is 20.0 Å². The number of benzene rings is 2. The highest BCUT2D eigenvalue weighted by atomic mass is 35.5. The van der Waals surface area contributed by atoms with Gasteiger partial charge in [-0.1, -0.05) is 29.8 Å². The number of aliphatic hydroxyl groups is 2. The van der Waals surface area contributed by atoms with Gasteiger partial charge in [0.25, 0.3) is 5.91 Å². The topological polar surface area (TPSA) is 103 Å². The molecule has 2 aromatic carbocycles. The Bertz CT molecular complexity index is 1380. The molecule has 0 bridgehead atoms. The first-order chi connectivity index (χ1) is 17.2. The third-order valence-corrected chi connectivity index (χ3v) is 7.80. The average Bonchev–Trinajstić information content (AvgIpc) is 3.42. The number of amides is 1. The van der Waals surface area contributed by atoms with Gasteiger partial charge in [-0.05, 0) is 66.6 Å². The Labute approximate surface area is 218 Å². The van der Waals surface area contributed by atoms with E-state index in [0.717, 1.165) is 40.7 Å². The van der Waals surface area contributed by atoms with Crippen LogP contribution in [0.2, 0.25) is 5.02 Å². The monoisotopic (exact) mass is 525 g/mol. The van der Waals surface area contributed by atoms with Crippen LogP contribution in [0.5, 0.6) is 0 Å². The first-order valence-electron chi connectivity index (χ1n) is 11.8. The Morgan fingerprint density at radius 3 is 2.86 bits per heavy atom. The number of hydrogen-bond donors (Lipinski definition) is 3. The summed E-state index contributed by atoms with van der Waals surface area (Å²) in [4.78, 5) is 19.4. The Kier molecular flexibility index (Phi) is 6.93. The predicted octanol–water partition coefficient (Wildman–Crippen LogP) is 3.20. The predicted molar refractivity (Wildman–Crippen MR) is 144 cm³/mol. The van der Waals surface area contributed by atoms with Crippen LogP contribution in [0.4, 0.5) is 0 Å². The number of thioether (sulfide) groups is 1. The smallest absolute Gasteiger partial charge is 0.286 e. The van der Waals surface area contributed by atoms with E-state index in [1.165, 1.54) is 11.8 Å². The summed E-state index contributed by atoms with van der Waals surface area (Å²) in [6.45, 7) is 6.13. The van der Waals surface area contributed by atoms with Crippen LogP contribution in [0.25, 0.3) is 17.0 Å². The number of carbonyl (C=O) groups excluding carboxylic acids is 1. The first kappa shape index (κ1) is 25.0. The largest absolute Gasteiger partial charge is 0.395 e. The van der Waals surface area contributed by atoms with Gasteiger partial charge >= 0.3 is 0 Å². The number of amidine groups is 1. The number of nitrogens with one attached hydrogen (secondary N) is 1. The maximum Gasteiger partial charge on any atom is 0.286 e. The molecule has 5 rings (SSSR count). The lowest BCUT2D eigenvalue weighted by Crippen LogP contribution is -2.53. The van der Waals surface area contributed by atoms with E-state index in [1.807, 2.05) is 46.0 Å². The molecule has 0 saturated carbocycles. The van der Waals surface area contributed by atoms with Gasteiger partial charge in [-0.15, -0.1) is 0 Å². The van der Waals surface area contributed by atoms with Gasteiger partial charge < -0.3 is 20.4 Å². The summed E-state index contributed by atoms with van der Waals surface area (Å²) in [7, 11) is 0. The molecule has 8 nitrogen and oxygen atoms in total. The number of rotatable bonds is 5. The molecule has 1 unspecified atom stereocenters. The molecule has 1 saturated heterocycles. The van der Waals surface area contributed by atoms with E-state index in [1.54, 1.807) is 26.1 Å². The van der Waals surface area contributed by atoms with E-state index in [4.69, 9.17) is 11.6 Å². The minimum atomic E-state index is -0.955. The number of piperazine rings is 1. The normalized spacial score (nSPS) is 20.0. The minimum absolute atomic E-state index is 0.0153. The Balaban J connectivity index is 1.32. The van der Waals surface area contributed by atoms with Gasteiger partial charge in [-0.3, -0.25) is 9.48 Å². The van der Waals surface area contributed by atoms with E-state index in [9.17, 15) is 15.0 Å². The fraction of sp³-hybridized carbons (Fsp3) is 0.346. The molecule has 3 N–H and O–H groups in total. The number of nitrogens with zero attached hydrogens (tertiary/aromatic N) is 4. The molecule has 1 amide bonds. The molecule has 0 aliphatic carbocycles. The average molecular weight is 526 g/mol. The second-order valence-electron chi connectivity index (χ2n) is 9.58. The van der Waals surface area contributed by atoms with Crippen molar-refractivity contribution in [2.24, 2.45) is 4.99 Å². The van der Waals surface area contributed by atoms with Gasteiger partial charge in [-0.25, -0.2) is 0 Å². The summed E-state index contributed by atoms with van der Waals surface area (Å²) in [5.74, 6) is -0.242. The van der Waals surface area contributed by atoms with Gasteiger partial charge in [0.05, 0.1) is 35.4 Å². The standard InChI is InChI=1S/C26H28ClN5O3S/c1-26(2,35)19-5-4-17(21(27)11-19)13-32-22-6-3-16(9-18(22)12-29-32)10-23-24(34)30-25(36-23)31-8-7-28-20(14-31)15-33/h3-6,9-12,20,28,33,35H,7-8,13-15H2,1-2H3. The molecule has 1 atom stereocenters. The van der Waals surface area contributed by atoms with Gasteiger partial charge in [0, 0.05) is 36.1 Å². The lowest BCUT2D eigenvalue weighted by molar-refractivity contribution is -0.113. The first-order valence-corrected chi connectivity index (χ1v) is 13.0. The second kappa shape index (κ2) is 9.99. The van der Waals surface area contributed by atoms with Gasteiger partial charge in [0.15, 0.2) is 5.17 Å². The van der Waals surface area contributed by atoms with Crippen molar-refractivity contribution in [3.63, 3.8) is 0 Å². The zero-order valence-electron chi connectivity index (χ0n) is 20.1. The number of aliphatic hydroxyl groups excluding tert-OH is 1. The van der Waals surface area contributed by atoms with Crippen molar-refractivity contribution in [1.29, 1.82) is 0 Å². The fourth-order valence-electron chi connectivity index (χ4n) is 4.34. The zero-order valence-corrected chi connectivity index (χ0v) is 21.7. The highest BCUT2D eigenvalue weighted by molar-refractivity contribution is 8.18. The summed E-state index contributed by atoms with van der Waals surface area (Å²) >= 11 is 7.87. The maximum absolute atomic E-state index is 12.6. The maximum atomic E-state index is 12.6. The van der Waals surface area contributed by atoms with E-state index < -0.39 is 5.60 Å². The van der Waals surface area contributed by atoms with Crippen LogP contribution in [0.1, 0.15) is 30.5 Å². The fourth-order valence-corrected chi connectivity index (χ4v) is 5.53. The molecule has 1 fully saturated rings. The van der Waals surface area contributed by atoms with Crippen LogP contribution in [-0.2, 0) is 16.9 Å². The molecule has 188 valence electrons. The molecule has 3 heterocycles. The van der Waals surface area contributed by atoms with Crippen LogP contribution in [0.15, 0.2) is 52.5 Å². The van der Waals surface area contributed by atoms with Crippen molar-refractivity contribution < 1.29 is 15.0 Å². The van der Waals surface area contributed by atoms with Gasteiger partial charge in [0.1, 0.15) is 0 Å². The van der Waals surface area contributed by atoms with Gasteiger partial charge in [0.2, 0.25) is 0 Å². The lowest BCUT2D eigenvalue weighted by atomic mass is 9.97. The molecular formula is C26H28ClN5O3S. The van der Waals surface area contributed by atoms with Crippen molar-refractivity contribution >= 4 is 51.4 Å². The molecule has 1 aromatic heterocycles. The summed E-state index contributed by atoms with van der Waals surface area (Å²) in [6, 6.07) is 11.5. The number of fused-ring (bicyclic) bond motifs is 1. The summed E-state index contributed by atoms with van der Waals surface area (Å²) in [5, 5.41) is 29.7. The number of aromatic nitrogens is 2. The van der Waals surface area contributed by atoms with E-state index >= 15 is 0 Å². The molecule has 36 heavy (non-hydrogen) atoms. The number of carbonyl (C=O) groups is 1. The highest BCUT2D eigenvalue weighted by Gasteiger charge is 2.29. The van der Waals surface area contributed by atoms with Gasteiger partial charge in [-0.2, -0.15) is 10.1 Å². The number of hydrogen-bond acceptors (Lipinski definition) is 7. The van der Waals surface area contributed by atoms with Crippen molar-refractivity contribution in [3.05, 3.63) is 69.2 Å². The van der Waals surface area contributed by atoms with Crippen molar-refractivity contribution in [2.45, 2.75) is 32.0 Å². The lowest BCUT2D eigenvalue weighted by Gasteiger charge is -2.33. The number of aliphatic imine (C=N–C) groups is 1. The molecule has 2 aliphatic rings. The Hall–Kier alpha value is -2.69. The summed E-state index contributed by atoms with van der Waals surface area (Å²) in [6.07, 6.45) is 3.66. The summed E-state index contributed by atoms with van der Waals surface area (Å²) in [5.41, 5.74) is 2.57. The van der Waals surface area contributed by atoms with E-state index in [0.29, 0.717) is 28.2 Å². The van der Waals surface area contributed by atoms with Crippen LogP contribution in [-0.4, -0.2) is 68.3 Å². The SMILES string of the molecule is CC(C)(O)c1ccc(Cn2ncc3cc(C=C4SC(N5CCNC(CO)C5)=NC4=O)ccc32)c(Cl)c1. The zero-order chi connectivity index (χ0) is 25.4. The van der Waals surface area contributed by atoms with Crippen molar-refractivity contribution in [3.8, 4) is 0 Å². The quantitative estimate of drug-likeness (QED) is 0.439. The molecule has 0 radical (unpaired) electrons. The van der Waals surface area contributed by atoms with Crippen LogP contribution >= 0.6 is 23.4 Å². The molecule has 10 heteroatoms. The highest BCUT2D eigenvalue weighted by Crippen LogP contribution is 2.32. The molecule has 3 aromatic rings. The minimum Gasteiger partial charge on any atom is -0.395 e. The van der Waals surface area contributed by atoms with Crippen LogP contribution < -0.4 is 5.32 Å². The van der Waals surface area contributed by atoms with Crippen LogP contribution in [0.3, 0.4) is 0 Å². The third-order valence-electron chi connectivity index (χ3n) is 6.40. The van der Waals surface area contributed by atoms with Crippen LogP contribution in [0, 0.1) is 0 Å². The molecular weight excluding hydrogens is 498 g/mol. The second-order valence-corrected chi connectivity index (χ2v) is 11.0. The van der Waals surface area contributed by atoms with E-state index in [-0.39, 0.29) is 18.6 Å². The molecule has 0 spiro atoms. The Morgan fingerprint density at radius 1 is 1.28 bits per heavy atom. The molecule has 2 aliphatic heterocycles. The summed E-state index contributed by atoms with van der Waals surface area (Å²) < 4.78 is 1.88. The van der Waals surface area contributed by atoms with Crippen molar-refractivity contribution in [2.75, 3.05) is 26.2 Å². The van der Waals surface area contributed by atoms with E-state index in [2.05, 4.69) is 15.4 Å².